The summed E-state index contributed by atoms with van der Waals surface area (Å²) < 4.78 is 18.6. The molecule has 0 fully saturated rings. The topological polar surface area (TPSA) is 33.0 Å². The number of nitrogens with zero attached hydrogens (tertiary/aromatic N) is 1. The Morgan fingerprint density at radius 1 is 1.20 bits per heavy atom. The molecule has 2 aromatic carbocycles. The van der Waals surface area contributed by atoms with E-state index in [1.165, 1.54) is 12.1 Å². The van der Waals surface area contributed by atoms with Crippen LogP contribution in [0.4, 0.5) is 4.39 Å². The lowest BCUT2D eigenvalue weighted by Crippen LogP contribution is -2.01. The monoisotopic (exact) mass is 269 g/mol. The van der Waals surface area contributed by atoms with E-state index < -0.39 is 0 Å². The normalized spacial score (nSPS) is 11.7. The summed E-state index contributed by atoms with van der Waals surface area (Å²) in [5.74, 6) is 0.161. The van der Waals surface area contributed by atoms with Crippen LogP contribution >= 0.6 is 0 Å². The van der Waals surface area contributed by atoms with Gasteiger partial charge in [-0.1, -0.05) is 24.3 Å². The van der Waals surface area contributed by atoms with Crippen LogP contribution in [0.3, 0.4) is 0 Å². The van der Waals surface area contributed by atoms with E-state index in [0.29, 0.717) is 18.6 Å². The van der Waals surface area contributed by atoms with E-state index in [0.717, 1.165) is 11.3 Å². The lowest BCUT2D eigenvalue weighted by atomic mass is 9.93. The summed E-state index contributed by atoms with van der Waals surface area (Å²) in [5.41, 5.74) is 1.74. The van der Waals surface area contributed by atoms with Gasteiger partial charge in [0.2, 0.25) is 0 Å². The van der Waals surface area contributed by atoms with Gasteiger partial charge in [-0.3, -0.25) is 0 Å². The Morgan fingerprint density at radius 2 is 1.95 bits per heavy atom. The highest BCUT2D eigenvalue weighted by atomic mass is 19.1. The fraction of sp³-hybridized carbons (Fsp3) is 0.235. The van der Waals surface area contributed by atoms with Crippen molar-refractivity contribution < 1.29 is 9.13 Å². The Bertz CT molecular complexity index is 601. The van der Waals surface area contributed by atoms with E-state index in [-0.39, 0.29) is 11.7 Å². The molecule has 1 atom stereocenters. The maximum absolute atomic E-state index is 13.2. The molecule has 0 aromatic heterocycles. The predicted octanol–water partition coefficient (Wildman–Crippen LogP) is 4.07. The zero-order valence-electron chi connectivity index (χ0n) is 11.3. The van der Waals surface area contributed by atoms with Crippen molar-refractivity contribution in [1.82, 2.24) is 0 Å². The number of rotatable bonds is 5. The standard InChI is InChI=1S/C17H16FNO/c1-2-20-17-8-6-13(7-9-17)10-15(12-19)14-4-3-5-16(18)11-14/h3-9,11,15H,2,10H2,1H3. The average molecular weight is 269 g/mol. The van der Waals surface area contributed by atoms with Gasteiger partial charge in [0, 0.05) is 0 Å². The highest BCUT2D eigenvalue weighted by molar-refractivity contribution is 5.32. The quantitative estimate of drug-likeness (QED) is 0.819. The molecule has 102 valence electrons. The van der Waals surface area contributed by atoms with Crippen LogP contribution in [0, 0.1) is 17.1 Å². The Balaban J connectivity index is 2.12. The number of benzene rings is 2. The number of hydrogen-bond donors (Lipinski definition) is 0. The second-order valence-corrected chi connectivity index (χ2v) is 4.52. The van der Waals surface area contributed by atoms with E-state index in [1.54, 1.807) is 12.1 Å². The van der Waals surface area contributed by atoms with Crippen molar-refractivity contribution in [3.05, 3.63) is 65.5 Å². The zero-order chi connectivity index (χ0) is 14.4. The van der Waals surface area contributed by atoms with Crippen molar-refractivity contribution in [3.63, 3.8) is 0 Å². The van der Waals surface area contributed by atoms with Gasteiger partial charge in [-0.05, 0) is 48.7 Å². The third-order valence-electron chi connectivity index (χ3n) is 3.08. The van der Waals surface area contributed by atoms with E-state index in [2.05, 4.69) is 6.07 Å². The van der Waals surface area contributed by atoms with Crippen LogP contribution in [0.1, 0.15) is 24.0 Å². The summed E-state index contributed by atoms with van der Waals surface area (Å²) in [4.78, 5) is 0. The first kappa shape index (κ1) is 14.1. The molecule has 0 aliphatic heterocycles. The fourth-order valence-electron chi connectivity index (χ4n) is 2.09. The summed E-state index contributed by atoms with van der Waals surface area (Å²) in [6.07, 6.45) is 0.562. The molecule has 20 heavy (non-hydrogen) atoms. The molecule has 0 radical (unpaired) electrons. The summed E-state index contributed by atoms with van der Waals surface area (Å²) in [6.45, 7) is 2.56. The molecule has 0 amide bonds. The summed E-state index contributed by atoms with van der Waals surface area (Å²) in [6, 6.07) is 16.1. The Kier molecular flexibility index (Phi) is 4.73. The van der Waals surface area contributed by atoms with Crippen LogP contribution in [0.25, 0.3) is 0 Å². The SMILES string of the molecule is CCOc1ccc(CC(C#N)c2cccc(F)c2)cc1. The fourth-order valence-corrected chi connectivity index (χ4v) is 2.09. The van der Waals surface area contributed by atoms with E-state index >= 15 is 0 Å². The smallest absolute Gasteiger partial charge is 0.123 e. The number of nitriles is 1. The van der Waals surface area contributed by atoms with Gasteiger partial charge in [0.25, 0.3) is 0 Å². The second-order valence-electron chi connectivity index (χ2n) is 4.52. The Hall–Kier alpha value is -2.34. The van der Waals surface area contributed by atoms with Crippen molar-refractivity contribution in [2.45, 2.75) is 19.3 Å². The van der Waals surface area contributed by atoms with E-state index in [9.17, 15) is 9.65 Å². The first-order valence-corrected chi connectivity index (χ1v) is 6.59. The molecule has 0 spiro atoms. The molecule has 2 nitrogen and oxygen atoms in total. The molecule has 0 saturated carbocycles. The van der Waals surface area contributed by atoms with Crippen LogP contribution in [-0.4, -0.2) is 6.61 Å². The first-order chi connectivity index (χ1) is 9.72. The molecule has 3 heteroatoms. The molecule has 2 aromatic rings. The minimum Gasteiger partial charge on any atom is -0.494 e. The highest BCUT2D eigenvalue weighted by Crippen LogP contribution is 2.22. The molecular formula is C17H16FNO. The molecule has 0 heterocycles. The lowest BCUT2D eigenvalue weighted by Gasteiger charge is -2.10. The van der Waals surface area contributed by atoms with Crippen molar-refractivity contribution in [2.75, 3.05) is 6.61 Å². The summed E-state index contributed by atoms with van der Waals surface area (Å²) in [5, 5.41) is 9.27. The maximum Gasteiger partial charge on any atom is 0.123 e. The van der Waals surface area contributed by atoms with E-state index in [4.69, 9.17) is 4.74 Å². The van der Waals surface area contributed by atoms with Crippen molar-refractivity contribution in [3.8, 4) is 11.8 Å². The van der Waals surface area contributed by atoms with Gasteiger partial charge in [0.15, 0.2) is 0 Å². The van der Waals surface area contributed by atoms with E-state index in [1.807, 2.05) is 31.2 Å². The molecule has 0 aliphatic rings. The lowest BCUT2D eigenvalue weighted by molar-refractivity contribution is 0.340. The molecule has 0 aliphatic carbocycles. The Labute approximate surface area is 118 Å². The number of ether oxygens (including phenoxy) is 1. The van der Waals surface area contributed by atoms with Gasteiger partial charge < -0.3 is 4.74 Å². The number of hydrogen-bond acceptors (Lipinski definition) is 2. The van der Waals surface area contributed by atoms with Gasteiger partial charge in [0.1, 0.15) is 11.6 Å². The van der Waals surface area contributed by atoms with Crippen LogP contribution in [-0.2, 0) is 6.42 Å². The van der Waals surface area contributed by atoms with Gasteiger partial charge in [0.05, 0.1) is 18.6 Å². The number of halogens is 1. The third kappa shape index (κ3) is 3.58. The van der Waals surface area contributed by atoms with Gasteiger partial charge in [-0.15, -0.1) is 0 Å². The van der Waals surface area contributed by atoms with Crippen molar-refractivity contribution in [2.24, 2.45) is 0 Å². The van der Waals surface area contributed by atoms with Crippen LogP contribution in [0.5, 0.6) is 5.75 Å². The van der Waals surface area contributed by atoms with Crippen LogP contribution in [0.2, 0.25) is 0 Å². The molecular weight excluding hydrogens is 253 g/mol. The minimum atomic E-state index is -0.344. The Morgan fingerprint density at radius 3 is 2.55 bits per heavy atom. The van der Waals surface area contributed by atoms with Gasteiger partial charge in [-0.25, -0.2) is 4.39 Å². The summed E-state index contributed by atoms with van der Waals surface area (Å²) >= 11 is 0. The minimum absolute atomic E-state index is 0.311. The zero-order valence-corrected chi connectivity index (χ0v) is 11.3. The molecule has 0 bridgehead atoms. The molecule has 1 unspecified atom stereocenters. The third-order valence-corrected chi connectivity index (χ3v) is 3.08. The average Bonchev–Trinajstić information content (AvgIpc) is 2.47. The maximum atomic E-state index is 13.2. The van der Waals surface area contributed by atoms with Crippen molar-refractivity contribution in [1.29, 1.82) is 5.26 Å². The van der Waals surface area contributed by atoms with Gasteiger partial charge in [-0.2, -0.15) is 5.26 Å². The van der Waals surface area contributed by atoms with Gasteiger partial charge >= 0.3 is 0 Å². The van der Waals surface area contributed by atoms with Crippen molar-refractivity contribution >= 4 is 0 Å². The first-order valence-electron chi connectivity index (χ1n) is 6.59. The molecule has 0 saturated heterocycles. The van der Waals surface area contributed by atoms with Crippen LogP contribution in [0.15, 0.2) is 48.5 Å². The second kappa shape index (κ2) is 6.72. The molecule has 2 rings (SSSR count). The molecule has 0 N–H and O–H groups in total. The highest BCUT2D eigenvalue weighted by Gasteiger charge is 2.12. The van der Waals surface area contributed by atoms with Crippen LogP contribution < -0.4 is 4.74 Å². The summed E-state index contributed by atoms with van der Waals surface area (Å²) in [7, 11) is 0. The largest absolute Gasteiger partial charge is 0.494 e. The predicted molar refractivity (Wildman–Crippen MR) is 76.1 cm³/mol.